The maximum atomic E-state index is 10.5. The quantitative estimate of drug-likeness (QED) is 0.772. The number of aliphatic hydroxyl groups is 1. The van der Waals surface area contributed by atoms with Crippen LogP contribution in [0.1, 0.15) is 44.9 Å². The Morgan fingerprint density at radius 3 is 2.79 bits per heavy atom. The molecule has 0 bridgehead atoms. The highest BCUT2D eigenvalue weighted by atomic mass is 16.3. The van der Waals surface area contributed by atoms with Crippen molar-refractivity contribution >= 4 is 0 Å². The van der Waals surface area contributed by atoms with Crippen LogP contribution < -0.4 is 5.32 Å². The van der Waals surface area contributed by atoms with Crippen molar-refractivity contribution in [2.45, 2.75) is 51.0 Å². The average Bonchev–Trinajstić information content (AvgIpc) is 2.81. The Morgan fingerprint density at radius 2 is 2.21 bits per heavy atom. The number of nitrogens with one attached hydrogen (secondary N) is 1. The molecule has 1 fully saturated rings. The van der Waals surface area contributed by atoms with Gasteiger partial charge in [0.1, 0.15) is 5.82 Å². The molecule has 0 spiro atoms. The first kappa shape index (κ1) is 14.5. The molecule has 1 saturated carbocycles. The maximum absolute atomic E-state index is 10.5. The van der Waals surface area contributed by atoms with Crippen LogP contribution in [-0.4, -0.2) is 33.3 Å². The van der Waals surface area contributed by atoms with Crippen molar-refractivity contribution in [3.63, 3.8) is 0 Å². The fraction of sp³-hybridized carbons (Fsp3) is 0.800. The zero-order chi connectivity index (χ0) is 13.7. The zero-order valence-corrected chi connectivity index (χ0v) is 12.2. The minimum Gasteiger partial charge on any atom is -0.389 e. The molecule has 1 aromatic rings. The monoisotopic (exact) mass is 265 g/mol. The third-order valence-corrected chi connectivity index (χ3v) is 4.51. The van der Waals surface area contributed by atoms with Gasteiger partial charge in [-0.2, -0.15) is 0 Å². The third-order valence-electron chi connectivity index (χ3n) is 4.51. The second-order valence-corrected chi connectivity index (χ2v) is 5.96. The number of aryl methyl sites for hydroxylation is 1. The number of hydrogen-bond acceptors (Lipinski definition) is 3. The van der Waals surface area contributed by atoms with E-state index in [1.54, 1.807) is 0 Å². The van der Waals surface area contributed by atoms with Crippen LogP contribution in [0.5, 0.6) is 0 Å². The first-order valence-electron chi connectivity index (χ1n) is 7.52. The average molecular weight is 265 g/mol. The van der Waals surface area contributed by atoms with E-state index in [1.807, 2.05) is 24.0 Å². The second kappa shape index (κ2) is 6.53. The molecule has 1 aliphatic carbocycles. The highest BCUT2D eigenvalue weighted by Crippen LogP contribution is 2.33. The summed E-state index contributed by atoms with van der Waals surface area (Å²) in [6.45, 7) is 3.85. The van der Waals surface area contributed by atoms with E-state index in [-0.39, 0.29) is 0 Å². The van der Waals surface area contributed by atoms with Gasteiger partial charge in [0, 0.05) is 39.0 Å². The Kier molecular flexibility index (Phi) is 4.99. The summed E-state index contributed by atoms with van der Waals surface area (Å²) in [5.74, 6) is 1.92. The van der Waals surface area contributed by atoms with Crippen molar-refractivity contribution in [1.82, 2.24) is 14.9 Å². The topological polar surface area (TPSA) is 50.1 Å². The number of rotatable bonds is 6. The summed E-state index contributed by atoms with van der Waals surface area (Å²) >= 11 is 0. The van der Waals surface area contributed by atoms with Crippen molar-refractivity contribution in [3.8, 4) is 0 Å². The Balaban J connectivity index is 1.67. The van der Waals surface area contributed by atoms with Crippen molar-refractivity contribution in [1.29, 1.82) is 0 Å². The molecule has 1 aromatic heterocycles. The number of aromatic nitrogens is 2. The molecule has 0 aromatic carbocycles. The van der Waals surface area contributed by atoms with Gasteiger partial charge in [0.05, 0.1) is 5.60 Å². The predicted octanol–water partition coefficient (Wildman–Crippen LogP) is 1.88. The lowest BCUT2D eigenvalue weighted by Gasteiger charge is -2.36. The van der Waals surface area contributed by atoms with E-state index in [9.17, 15) is 5.11 Å². The predicted molar refractivity (Wildman–Crippen MR) is 77.0 cm³/mol. The van der Waals surface area contributed by atoms with Crippen LogP contribution >= 0.6 is 0 Å². The van der Waals surface area contributed by atoms with Gasteiger partial charge in [0.2, 0.25) is 0 Å². The Labute approximate surface area is 116 Å². The Hall–Kier alpha value is -0.870. The van der Waals surface area contributed by atoms with Gasteiger partial charge in [-0.25, -0.2) is 4.98 Å². The van der Waals surface area contributed by atoms with Crippen LogP contribution in [-0.2, 0) is 13.5 Å². The molecule has 19 heavy (non-hydrogen) atoms. The van der Waals surface area contributed by atoms with E-state index in [2.05, 4.69) is 17.2 Å². The van der Waals surface area contributed by atoms with Crippen molar-refractivity contribution in [2.75, 3.05) is 13.1 Å². The largest absolute Gasteiger partial charge is 0.389 e. The third kappa shape index (κ3) is 4.05. The molecular weight excluding hydrogens is 238 g/mol. The molecule has 0 atom stereocenters. The zero-order valence-electron chi connectivity index (χ0n) is 12.2. The van der Waals surface area contributed by atoms with Crippen LogP contribution in [0.2, 0.25) is 0 Å². The number of hydrogen-bond donors (Lipinski definition) is 2. The van der Waals surface area contributed by atoms with Gasteiger partial charge in [-0.15, -0.1) is 0 Å². The van der Waals surface area contributed by atoms with Crippen LogP contribution in [0.15, 0.2) is 12.4 Å². The van der Waals surface area contributed by atoms with Crippen LogP contribution in [0, 0.1) is 5.92 Å². The van der Waals surface area contributed by atoms with Crippen molar-refractivity contribution in [3.05, 3.63) is 18.2 Å². The molecule has 0 radical (unpaired) electrons. The van der Waals surface area contributed by atoms with Gasteiger partial charge < -0.3 is 15.0 Å². The first-order chi connectivity index (χ1) is 9.13. The highest BCUT2D eigenvalue weighted by molar-refractivity contribution is 4.92. The van der Waals surface area contributed by atoms with E-state index in [4.69, 9.17) is 0 Å². The molecule has 108 valence electrons. The van der Waals surface area contributed by atoms with Gasteiger partial charge in [0.15, 0.2) is 0 Å². The lowest BCUT2D eigenvalue weighted by atomic mass is 9.78. The molecule has 2 N–H and O–H groups in total. The van der Waals surface area contributed by atoms with E-state index < -0.39 is 5.60 Å². The lowest BCUT2D eigenvalue weighted by Crippen LogP contribution is -2.44. The molecule has 0 aliphatic heterocycles. The van der Waals surface area contributed by atoms with Crippen molar-refractivity contribution in [2.24, 2.45) is 13.0 Å². The minimum atomic E-state index is -0.479. The summed E-state index contributed by atoms with van der Waals surface area (Å²) in [6.07, 6.45) is 10.2. The first-order valence-corrected chi connectivity index (χ1v) is 7.52. The normalized spacial score (nSPS) is 27.6. The fourth-order valence-electron chi connectivity index (χ4n) is 2.96. The molecule has 1 heterocycles. The molecule has 4 heteroatoms. The summed E-state index contributed by atoms with van der Waals surface area (Å²) in [5.41, 5.74) is -0.479. The van der Waals surface area contributed by atoms with Gasteiger partial charge >= 0.3 is 0 Å². The summed E-state index contributed by atoms with van der Waals surface area (Å²) < 4.78 is 2.04. The summed E-state index contributed by atoms with van der Waals surface area (Å²) in [4.78, 5) is 4.30. The SMILES string of the molecule is CCC1CCC(O)(CNCCc2nccn2C)CC1. The van der Waals surface area contributed by atoms with Gasteiger partial charge in [-0.1, -0.05) is 13.3 Å². The summed E-state index contributed by atoms with van der Waals surface area (Å²) in [5, 5.41) is 13.9. The van der Waals surface area contributed by atoms with Gasteiger partial charge in [-0.05, 0) is 31.6 Å². The molecular formula is C15H27N3O. The maximum Gasteiger partial charge on any atom is 0.109 e. The van der Waals surface area contributed by atoms with Crippen LogP contribution in [0.4, 0.5) is 0 Å². The lowest BCUT2D eigenvalue weighted by molar-refractivity contribution is -0.00837. The molecule has 2 rings (SSSR count). The smallest absolute Gasteiger partial charge is 0.109 e. The van der Waals surface area contributed by atoms with E-state index in [0.29, 0.717) is 6.54 Å². The van der Waals surface area contributed by atoms with Gasteiger partial charge in [-0.3, -0.25) is 0 Å². The summed E-state index contributed by atoms with van der Waals surface area (Å²) in [6, 6.07) is 0. The van der Waals surface area contributed by atoms with Crippen molar-refractivity contribution < 1.29 is 5.11 Å². The van der Waals surface area contributed by atoms with Crippen LogP contribution in [0.3, 0.4) is 0 Å². The molecule has 1 aliphatic rings. The Bertz CT molecular complexity index is 380. The molecule has 4 nitrogen and oxygen atoms in total. The number of nitrogens with zero attached hydrogens (tertiary/aromatic N) is 2. The van der Waals surface area contributed by atoms with Gasteiger partial charge in [0.25, 0.3) is 0 Å². The standard InChI is InChI=1S/C15H27N3O/c1-3-13-4-7-15(19,8-5-13)12-16-9-6-14-17-10-11-18(14)2/h10-11,13,16,19H,3-9,12H2,1-2H3. The molecule has 0 saturated heterocycles. The Morgan fingerprint density at radius 1 is 1.47 bits per heavy atom. The van der Waals surface area contributed by atoms with E-state index in [0.717, 1.165) is 37.5 Å². The second-order valence-electron chi connectivity index (χ2n) is 5.96. The van der Waals surface area contributed by atoms with Crippen LogP contribution in [0.25, 0.3) is 0 Å². The molecule has 0 amide bonds. The fourth-order valence-corrected chi connectivity index (χ4v) is 2.96. The molecule has 0 unspecified atom stereocenters. The minimum absolute atomic E-state index is 0.479. The van der Waals surface area contributed by atoms with E-state index >= 15 is 0 Å². The summed E-state index contributed by atoms with van der Waals surface area (Å²) in [7, 11) is 2.02. The number of imidazole rings is 1. The highest BCUT2D eigenvalue weighted by Gasteiger charge is 2.31. The van der Waals surface area contributed by atoms with E-state index in [1.165, 1.54) is 19.3 Å².